The fourth-order valence-electron chi connectivity index (χ4n) is 4.65. The van der Waals surface area contributed by atoms with Gasteiger partial charge in [-0.15, -0.1) is 0 Å². The van der Waals surface area contributed by atoms with Gasteiger partial charge < -0.3 is 20.3 Å². The molecule has 0 aromatic carbocycles. The summed E-state index contributed by atoms with van der Waals surface area (Å²) < 4.78 is 5.67. The molecular formula is C18H35N3O. The maximum absolute atomic E-state index is 5.67. The van der Waals surface area contributed by atoms with Gasteiger partial charge in [-0.2, -0.15) is 0 Å². The Hall–Kier alpha value is -0.160. The molecule has 3 atom stereocenters. The van der Waals surface area contributed by atoms with Crippen LogP contribution in [0.4, 0.5) is 0 Å². The lowest BCUT2D eigenvalue weighted by Gasteiger charge is -2.34. The van der Waals surface area contributed by atoms with Crippen molar-refractivity contribution in [3.8, 4) is 0 Å². The Bertz CT molecular complexity index is 311. The number of piperidine rings is 1. The number of ether oxygens (including phenoxy) is 1. The Balaban J connectivity index is 1.36. The number of nitrogens with zero attached hydrogens (tertiary/aromatic N) is 1. The number of morpholine rings is 1. The van der Waals surface area contributed by atoms with Crippen molar-refractivity contribution < 1.29 is 4.74 Å². The van der Waals surface area contributed by atoms with Gasteiger partial charge >= 0.3 is 0 Å². The largest absolute Gasteiger partial charge is 0.379 e. The van der Waals surface area contributed by atoms with Gasteiger partial charge in [-0.1, -0.05) is 13.3 Å². The summed E-state index contributed by atoms with van der Waals surface area (Å²) in [6, 6.07) is 1.30. The van der Waals surface area contributed by atoms with Gasteiger partial charge in [0.25, 0.3) is 0 Å². The molecular weight excluding hydrogens is 274 g/mol. The van der Waals surface area contributed by atoms with Gasteiger partial charge in [-0.25, -0.2) is 0 Å². The molecule has 1 aliphatic carbocycles. The molecule has 2 aliphatic heterocycles. The van der Waals surface area contributed by atoms with Crippen molar-refractivity contribution in [1.82, 2.24) is 15.5 Å². The van der Waals surface area contributed by atoms with Gasteiger partial charge in [-0.05, 0) is 70.1 Å². The summed E-state index contributed by atoms with van der Waals surface area (Å²) in [5.41, 5.74) is 0. The van der Waals surface area contributed by atoms with Crippen LogP contribution < -0.4 is 10.6 Å². The highest BCUT2D eigenvalue weighted by atomic mass is 16.5. The van der Waals surface area contributed by atoms with Crippen molar-refractivity contribution in [2.45, 2.75) is 57.5 Å². The van der Waals surface area contributed by atoms with Gasteiger partial charge in [0.2, 0.25) is 0 Å². The summed E-state index contributed by atoms with van der Waals surface area (Å²) in [6.07, 6.45) is 8.29. The van der Waals surface area contributed by atoms with E-state index in [4.69, 9.17) is 4.74 Å². The van der Waals surface area contributed by atoms with Gasteiger partial charge in [0.1, 0.15) is 0 Å². The van der Waals surface area contributed by atoms with Crippen LogP contribution in [0, 0.1) is 11.8 Å². The molecule has 3 unspecified atom stereocenters. The fraction of sp³-hybridized carbons (Fsp3) is 1.00. The maximum Gasteiger partial charge on any atom is 0.0623 e. The highest BCUT2D eigenvalue weighted by molar-refractivity contribution is 4.92. The Labute approximate surface area is 136 Å². The van der Waals surface area contributed by atoms with Crippen LogP contribution in [0.1, 0.15) is 45.4 Å². The Morgan fingerprint density at radius 2 is 2.05 bits per heavy atom. The first-order valence-corrected chi connectivity index (χ1v) is 9.63. The monoisotopic (exact) mass is 309 g/mol. The van der Waals surface area contributed by atoms with Gasteiger partial charge in [0, 0.05) is 18.6 Å². The van der Waals surface area contributed by atoms with Gasteiger partial charge in [-0.3, -0.25) is 0 Å². The first kappa shape index (κ1) is 16.7. The van der Waals surface area contributed by atoms with Crippen molar-refractivity contribution >= 4 is 0 Å². The number of rotatable bonds is 6. The molecule has 4 nitrogen and oxygen atoms in total. The smallest absolute Gasteiger partial charge is 0.0623 e. The minimum absolute atomic E-state index is 0.585. The second-order valence-electron chi connectivity index (χ2n) is 7.46. The fourth-order valence-corrected chi connectivity index (χ4v) is 4.65. The third-order valence-corrected chi connectivity index (χ3v) is 6.15. The van der Waals surface area contributed by atoms with E-state index in [9.17, 15) is 0 Å². The van der Waals surface area contributed by atoms with Gasteiger partial charge in [0.15, 0.2) is 0 Å². The Kier molecular flexibility index (Phi) is 6.54. The number of nitrogens with one attached hydrogen (secondary N) is 2. The van der Waals surface area contributed by atoms with E-state index in [1.165, 1.54) is 64.7 Å². The van der Waals surface area contributed by atoms with Crippen LogP contribution in [0.3, 0.4) is 0 Å². The molecule has 3 fully saturated rings. The summed E-state index contributed by atoms with van der Waals surface area (Å²) in [5, 5.41) is 7.56. The van der Waals surface area contributed by atoms with Gasteiger partial charge in [0.05, 0.1) is 13.2 Å². The Morgan fingerprint density at radius 3 is 2.77 bits per heavy atom. The SMILES string of the molecule is CCN1CCC(CCNC2CCCC2C2COCCN2)CC1. The predicted octanol–water partition coefficient (Wildman–Crippen LogP) is 1.86. The lowest BCUT2D eigenvalue weighted by atomic mass is 9.92. The summed E-state index contributed by atoms with van der Waals surface area (Å²) in [5.74, 6) is 1.73. The maximum atomic E-state index is 5.67. The van der Waals surface area contributed by atoms with Crippen LogP contribution in [-0.2, 0) is 4.74 Å². The molecule has 2 N–H and O–H groups in total. The quantitative estimate of drug-likeness (QED) is 0.785. The van der Waals surface area contributed by atoms with E-state index in [-0.39, 0.29) is 0 Å². The zero-order valence-corrected chi connectivity index (χ0v) is 14.4. The number of hydrogen-bond acceptors (Lipinski definition) is 4. The van der Waals surface area contributed by atoms with Crippen molar-refractivity contribution in [1.29, 1.82) is 0 Å². The topological polar surface area (TPSA) is 36.5 Å². The summed E-state index contributed by atoms with van der Waals surface area (Å²) in [7, 11) is 0. The van der Waals surface area contributed by atoms with E-state index in [2.05, 4.69) is 22.5 Å². The zero-order chi connectivity index (χ0) is 15.2. The molecule has 2 heterocycles. The molecule has 1 saturated carbocycles. The molecule has 0 amide bonds. The predicted molar refractivity (Wildman–Crippen MR) is 91.2 cm³/mol. The van der Waals surface area contributed by atoms with E-state index >= 15 is 0 Å². The Morgan fingerprint density at radius 1 is 1.18 bits per heavy atom. The number of hydrogen-bond donors (Lipinski definition) is 2. The van der Waals surface area contributed by atoms with Crippen LogP contribution in [0.25, 0.3) is 0 Å². The normalized spacial score (nSPS) is 35.0. The van der Waals surface area contributed by atoms with E-state index < -0.39 is 0 Å². The average molecular weight is 309 g/mol. The van der Waals surface area contributed by atoms with Crippen LogP contribution in [0.15, 0.2) is 0 Å². The molecule has 0 aromatic heterocycles. The van der Waals surface area contributed by atoms with Crippen molar-refractivity contribution in [3.63, 3.8) is 0 Å². The molecule has 4 heteroatoms. The highest BCUT2D eigenvalue weighted by Crippen LogP contribution is 2.29. The summed E-state index contributed by atoms with van der Waals surface area (Å²) in [4.78, 5) is 2.59. The minimum atomic E-state index is 0.585. The van der Waals surface area contributed by atoms with Crippen LogP contribution in [0.5, 0.6) is 0 Å². The summed E-state index contributed by atoms with van der Waals surface area (Å²) in [6.45, 7) is 10.2. The van der Waals surface area contributed by atoms with E-state index in [0.717, 1.165) is 37.6 Å². The third-order valence-electron chi connectivity index (χ3n) is 6.15. The molecule has 0 spiro atoms. The highest BCUT2D eigenvalue weighted by Gasteiger charge is 2.34. The second-order valence-corrected chi connectivity index (χ2v) is 7.46. The van der Waals surface area contributed by atoms with Crippen molar-refractivity contribution in [2.24, 2.45) is 11.8 Å². The molecule has 0 bridgehead atoms. The van der Waals surface area contributed by atoms with Crippen molar-refractivity contribution in [3.05, 3.63) is 0 Å². The molecule has 2 saturated heterocycles. The third kappa shape index (κ3) is 4.44. The first-order valence-electron chi connectivity index (χ1n) is 9.63. The molecule has 3 aliphatic rings. The molecule has 22 heavy (non-hydrogen) atoms. The summed E-state index contributed by atoms with van der Waals surface area (Å²) >= 11 is 0. The first-order chi connectivity index (χ1) is 10.9. The van der Waals surface area contributed by atoms with Crippen LogP contribution in [-0.4, -0.2) is 62.9 Å². The second kappa shape index (κ2) is 8.62. The minimum Gasteiger partial charge on any atom is -0.379 e. The lowest BCUT2D eigenvalue weighted by Crippen LogP contribution is -2.51. The average Bonchev–Trinajstić information content (AvgIpc) is 3.05. The van der Waals surface area contributed by atoms with E-state index in [1.807, 2.05) is 0 Å². The van der Waals surface area contributed by atoms with Crippen LogP contribution in [0.2, 0.25) is 0 Å². The molecule has 0 aromatic rings. The lowest BCUT2D eigenvalue weighted by molar-refractivity contribution is 0.0524. The standard InChI is InChI=1S/C18H35N3O/c1-2-21-11-7-15(8-12-21)6-9-19-17-5-3-4-16(17)18-14-22-13-10-20-18/h15-20H,2-14H2,1H3. The van der Waals surface area contributed by atoms with Crippen LogP contribution >= 0.6 is 0 Å². The molecule has 0 radical (unpaired) electrons. The molecule has 3 rings (SSSR count). The van der Waals surface area contributed by atoms with E-state index in [1.54, 1.807) is 0 Å². The number of likely N-dealkylation sites (tertiary alicyclic amines) is 1. The van der Waals surface area contributed by atoms with E-state index in [0.29, 0.717) is 6.04 Å². The zero-order valence-electron chi connectivity index (χ0n) is 14.4. The van der Waals surface area contributed by atoms with Crippen molar-refractivity contribution in [2.75, 3.05) is 45.9 Å². The molecule has 128 valence electrons.